The normalized spacial score (nSPS) is 16.1. The highest BCUT2D eigenvalue weighted by Crippen LogP contribution is 2.46. The first-order valence-electron chi connectivity index (χ1n) is 6.12. The Morgan fingerprint density at radius 1 is 1.35 bits per heavy atom. The Labute approximate surface area is 125 Å². The van der Waals surface area contributed by atoms with Gasteiger partial charge in [-0.2, -0.15) is 0 Å². The minimum Gasteiger partial charge on any atom is -0.398 e. The van der Waals surface area contributed by atoms with E-state index in [0.717, 1.165) is 12.8 Å². The van der Waals surface area contributed by atoms with Crippen molar-refractivity contribution in [3.8, 4) is 0 Å². The molecule has 1 saturated carbocycles. The Morgan fingerprint density at radius 2 is 1.95 bits per heavy atom. The molecule has 0 unspecified atom stereocenters. The predicted molar refractivity (Wildman–Crippen MR) is 81.8 cm³/mol. The van der Waals surface area contributed by atoms with Crippen LogP contribution in [0.1, 0.15) is 23.2 Å². The summed E-state index contributed by atoms with van der Waals surface area (Å²) in [7, 11) is -3.02. The Hall–Kier alpha value is -1.27. The van der Waals surface area contributed by atoms with Crippen molar-refractivity contribution in [1.29, 1.82) is 0 Å². The molecule has 112 valence electrons. The van der Waals surface area contributed by atoms with Crippen LogP contribution in [-0.2, 0) is 9.84 Å². The highest BCUT2D eigenvalue weighted by Gasteiger charge is 2.45. The second-order valence-electron chi connectivity index (χ2n) is 5.34. The van der Waals surface area contributed by atoms with Crippen molar-refractivity contribution >= 4 is 33.8 Å². The first-order chi connectivity index (χ1) is 8.81. The highest BCUT2D eigenvalue weighted by atomic mass is 35.5. The van der Waals surface area contributed by atoms with Crippen LogP contribution < -0.4 is 11.1 Å². The maximum atomic E-state index is 12.0. The monoisotopic (exact) mass is 318 g/mol. The van der Waals surface area contributed by atoms with E-state index in [2.05, 4.69) is 5.32 Å². The van der Waals surface area contributed by atoms with Gasteiger partial charge in [0.05, 0.1) is 11.3 Å². The van der Waals surface area contributed by atoms with Gasteiger partial charge in [-0.25, -0.2) is 8.42 Å². The van der Waals surface area contributed by atoms with Gasteiger partial charge in [0.1, 0.15) is 9.84 Å². The number of halogens is 1. The summed E-state index contributed by atoms with van der Waals surface area (Å²) in [6, 6.07) is 6.83. The van der Waals surface area contributed by atoms with Crippen molar-refractivity contribution in [3.05, 3.63) is 29.8 Å². The molecule has 1 aliphatic rings. The van der Waals surface area contributed by atoms with Crippen LogP contribution in [0.15, 0.2) is 24.3 Å². The summed E-state index contributed by atoms with van der Waals surface area (Å²) in [5, 5.41) is 2.78. The fourth-order valence-corrected chi connectivity index (χ4v) is 3.68. The molecule has 0 saturated heterocycles. The lowest BCUT2D eigenvalue weighted by atomic mass is 10.1. The summed E-state index contributed by atoms with van der Waals surface area (Å²) in [6.45, 7) is 0.382. The van der Waals surface area contributed by atoms with E-state index in [9.17, 15) is 13.2 Å². The highest BCUT2D eigenvalue weighted by molar-refractivity contribution is 7.90. The third-order valence-corrected chi connectivity index (χ3v) is 4.49. The van der Waals surface area contributed by atoms with E-state index in [-0.39, 0.29) is 29.5 Å². The van der Waals surface area contributed by atoms with Gasteiger partial charge in [-0.1, -0.05) is 12.1 Å². The van der Waals surface area contributed by atoms with E-state index in [1.807, 2.05) is 0 Å². The van der Waals surface area contributed by atoms with Crippen molar-refractivity contribution in [1.82, 2.24) is 5.32 Å². The third kappa shape index (κ3) is 4.38. The van der Waals surface area contributed by atoms with Gasteiger partial charge in [-0.15, -0.1) is 12.4 Å². The molecule has 1 amide bonds. The molecular formula is C13H19ClN2O3S. The maximum Gasteiger partial charge on any atom is 0.253 e. The van der Waals surface area contributed by atoms with Crippen LogP contribution >= 0.6 is 12.4 Å². The molecule has 7 heteroatoms. The zero-order chi connectivity index (χ0) is 14.1. The Kier molecular flexibility index (Phi) is 5.05. The fourth-order valence-electron chi connectivity index (χ4n) is 2.17. The molecule has 1 aromatic carbocycles. The quantitative estimate of drug-likeness (QED) is 0.799. The SMILES string of the molecule is CS(=O)(=O)CC1(CNC(=O)c2ccccc2N)CC1.Cl. The molecule has 0 atom stereocenters. The van der Waals surface area contributed by atoms with Crippen LogP contribution in [0.25, 0.3) is 0 Å². The molecular weight excluding hydrogens is 300 g/mol. The molecule has 1 aliphatic carbocycles. The number of carbonyl (C=O) groups is 1. The molecule has 0 heterocycles. The largest absolute Gasteiger partial charge is 0.398 e. The predicted octanol–water partition coefficient (Wildman–Crippen LogP) is 1.25. The van der Waals surface area contributed by atoms with Gasteiger partial charge in [0, 0.05) is 23.9 Å². The molecule has 2 rings (SSSR count). The topological polar surface area (TPSA) is 89.3 Å². The third-order valence-electron chi connectivity index (χ3n) is 3.35. The second-order valence-corrected chi connectivity index (χ2v) is 7.48. The number of nitrogens with two attached hydrogens (primary N) is 1. The van der Waals surface area contributed by atoms with Crippen molar-refractivity contribution in [2.75, 3.05) is 24.3 Å². The number of benzene rings is 1. The van der Waals surface area contributed by atoms with E-state index in [1.165, 1.54) is 6.26 Å². The molecule has 0 radical (unpaired) electrons. The fraction of sp³-hybridized carbons (Fsp3) is 0.462. The minimum absolute atomic E-state index is 0. The Balaban J connectivity index is 0.00000200. The summed E-state index contributed by atoms with van der Waals surface area (Å²) in [6.07, 6.45) is 2.90. The van der Waals surface area contributed by atoms with Crippen molar-refractivity contribution < 1.29 is 13.2 Å². The number of hydrogen-bond acceptors (Lipinski definition) is 4. The number of amides is 1. The van der Waals surface area contributed by atoms with Gasteiger partial charge in [0.15, 0.2) is 0 Å². The molecule has 0 aromatic heterocycles. The molecule has 1 fully saturated rings. The molecule has 0 spiro atoms. The average molecular weight is 319 g/mol. The van der Waals surface area contributed by atoms with E-state index in [4.69, 9.17) is 5.73 Å². The van der Waals surface area contributed by atoms with Gasteiger partial charge in [0.2, 0.25) is 0 Å². The molecule has 5 nitrogen and oxygen atoms in total. The van der Waals surface area contributed by atoms with Crippen molar-refractivity contribution in [2.45, 2.75) is 12.8 Å². The van der Waals surface area contributed by atoms with Crippen molar-refractivity contribution in [3.63, 3.8) is 0 Å². The van der Waals surface area contributed by atoms with Gasteiger partial charge in [-0.05, 0) is 25.0 Å². The zero-order valence-corrected chi connectivity index (χ0v) is 12.9. The van der Waals surface area contributed by atoms with E-state index in [0.29, 0.717) is 17.8 Å². The lowest BCUT2D eigenvalue weighted by molar-refractivity contribution is 0.0947. The lowest BCUT2D eigenvalue weighted by Gasteiger charge is -2.15. The smallest absolute Gasteiger partial charge is 0.253 e. The van der Waals surface area contributed by atoms with E-state index < -0.39 is 9.84 Å². The van der Waals surface area contributed by atoms with E-state index in [1.54, 1.807) is 24.3 Å². The van der Waals surface area contributed by atoms with E-state index >= 15 is 0 Å². The number of nitrogens with one attached hydrogen (secondary N) is 1. The summed E-state index contributed by atoms with van der Waals surface area (Å²) < 4.78 is 22.6. The first-order valence-corrected chi connectivity index (χ1v) is 8.18. The molecule has 0 aliphatic heterocycles. The van der Waals surface area contributed by atoms with Crippen LogP contribution in [0.5, 0.6) is 0 Å². The lowest BCUT2D eigenvalue weighted by Crippen LogP contribution is -2.33. The van der Waals surface area contributed by atoms with Gasteiger partial charge < -0.3 is 11.1 Å². The number of nitrogen functional groups attached to an aromatic ring is 1. The number of hydrogen-bond donors (Lipinski definition) is 2. The average Bonchev–Trinajstić information content (AvgIpc) is 3.04. The minimum atomic E-state index is -3.02. The van der Waals surface area contributed by atoms with Crippen LogP contribution in [0.3, 0.4) is 0 Å². The zero-order valence-electron chi connectivity index (χ0n) is 11.3. The van der Waals surface area contributed by atoms with Crippen LogP contribution in [0.2, 0.25) is 0 Å². The number of carbonyl (C=O) groups excluding carboxylic acids is 1. The standard InChI is InChI=1S/C13H18N2O3S.ClH/c1-19(17,18)9-13(6-7-13)8-15-12(16)10-4-2-3-5-11(10)14;/h2-5H,6-9,14H2,1H3,(H,15,16);1H. The molecule has 0 bridgehead atoms. The Bertz CT molecular complexity index is 597. The summed E-state index contributed by atoms with van der Waals surface area (Å²) in [5.41, 5.74) is 6.30. The summed E-state index contributed by atoms with van der Waals surface area (Å²) in [4.78, 5) is 12.0. The molecule has 20 heavy (non-hydrogen) atoms. The van der Waals surface area contributed by atoms with Gasteiger partial charge in [0.25, 0.3) is 5.91 Å². The van der Waals surface area contributed by atoms with Crippen LogP contribution in [0, 0.1) is 5.41 Å². The Morgan fingerprint density at radius 3 is 2.45 bits per heavy atom. The molecule has 3 N–H and O–H groups in total. The van der Waals surface area contributed by atoms with Crippen LogP contribution in [0.4, 0.5) is 5.69 Å². The van der Waals surface area contributed by atoms with Crippen LogP contribution in [-0.4, -0.2) is 32.9 Å². The second kappa shape index (κ2) is 6.01. The van der Waals surface area contributed by atoms with Gasteiger partial charge >= 0.3 is 0 Å². The first kappa shape index (κ1) is 16.8. The molecule has 1 aromatic rings. The number of sulfone groups is 1. The number of anilines is 1. The van der Waals surface area contributed by atoms with Crippen molar-refractivity contribution in [2.24, 2.45) is 5.41 Å². The summed E-state index contributed by atoms with van der Waals surface area (Å²) in [5.74, 6) is -0.122. The number of rotatable bonds is 5. The maximum absolute atomic E-state index is 12.0. The number of para-hydroxylation sites is 1. The summed E-state index contributed by atoms with van der Waals surface area (Å²) >= 11 is 0. The van der Waals surface area contributed by atoms with Gasteiger partial charge in [-0.3, -0.25) is 4.79 Å².